The highest BCUT2D eigenvalue weighted by Gasteiger charge is 2.66. The van der Waals surface area contributed by atoms with Crippen LogP contribution in [0.3, 0.4) is 0 Å². The summed E-state index contributed by atoms with van der Waals surface area (Å²) in [6, 6.07) is 0.584. The molecule has 4 unspecified atom stereocenters. The average molecular weight is 309 g/mol. The molecule has 5 heteroatoms. The summed E-state index contributed by atoms with van der Waals surface area (Å²) in [7, 11) is 1.89. The summed E-state index contributed by atoms with van der Waals surface area (Å²) < 4.78 is 5.99. The Kier molecular flexibility index (Phi) is 3.82. The molecule has 2 aliphatic carbocycles. The second-order valence-corrected chi connectivity index (χ2v) is 8.45. The van der Waals surface area contributed by atoms with Gasteiger partial charge in [-0.15, -0.1) is 0 Å². The van der Waals surface area contributed by atoms with E-state index in [1.165, 1.54) is 44.3 Å². The zero-order valence-electron chi connectivity index (χ0n) is 12.9. The molecular formula is C16H27N3OS. The van der Waals surface area contributed by atoms with Crippen LogP contribution in [0.2, 0.25) is 0 Å². The van der Waals surface area contributed by atoms with Gasteiger partial charge in [0.25, 0.3) is 0 Å². The maximum atomic E-state index is 5.99. The van der Waals surface area contributed by atoms with Gasteiger partial charge in [-0.3, -0.25) is 4.99 Å². The van der Waals surface area contributed by atoms with Gasteiger partial charge in [0.2, 0.25) is 0 Å². The molecule has 0 amide bonds. The molecule has 0 aromatic rings. The number of rotatable bonds is 3. The Morgan fingerprint density at radius 2 is 2.24 bits per heavy atom. The van der Waals surface area contributed by atoms with Gasteiger partial charge in [-0.25, -0.2) is 0 Å². The standard InChI is InChI=1S/C16H27N3OS/c1-17-15(18-10-11-4-2-9-21-11)19-13-12-5-8-20-14(12)16(13)6-3-7-16/h11-14H,2-10H2,1H3,(H2,17,18,19). The topological polar surface area (TPSA) is 45.7 Å². The number of nitrogens with one attached hydrogen (secondary N) is 2. The minimum Gasteiger partial charge on any atom is -0.377 e. The Balaban J connectivity index is 1.35. The fraction of sp³-hybridized carbons (Fsp3) is 0.938. The van der Waals surface area contributed by atoms with Crippen LogP contribution in [0.4, 0.5) is 0 Å². The molecule has 21 heavy (non-hydrogen) atoms. The monoisotopic (exact) mass is 309 g/mol. The Morgan fingerprint density at radius 3 is 2.90 bits per heavy atom. The molecule has 2 N–H and O–H groups in total. The molecule has 118 valence electrons. The Bertz CT molecular complexity index is 418. The van der Waals surface area contributed by atoms with Gasteiger partial charge in [-0.2, -0.15) is 11.8 Å². The average Bonchev–Trinajstić information content (AvgIpc) is 3.08. The highest BCUT2D eigenvalue weighted by atomic mass is 32.2. The summed E-state index contributed by atoms with van der Waals surface area (Å²) in [6.45, 7) is 2.01. The summed E-state index contributed by atoms with van der Waals surface area (Å²) >= 11 is 2.10. The van der Waals surface area contributed by atoms with Crippen molar-refractivity contribution in [3.8, 4) is 0 Å². The number of thioether (sulfide) groups is 1. The van der Waals surface area contributed by atoms with Gasteiger partial charge in [0, 0.05) is 42.8 Å². The van der Waals surface area contributed by atoms with E-state index in [0.29, 0.717) is 23.5 Å². The van der Waals surface area contributed by atoms with E-state index in [9.17, 15) is 0 Å². The van der Waals surface area contributed by atoms with Crippen molar-refractivity contribution < 1.29 is 4.74 Å². The van der Waals surface area contributed by atoms with Crippen LogP contribution in [0.1, 0.15) is 38.5 Å². The van der Waals surface area contributed by atoms with Crippen LogP contribution in [-0.4, -0.2) is 49.3 Å². The van der Waals surface area contributed by atoms with Crippen molar-refractivity contribution in [2.75, 3.05) is 26.0 Å². The molecule has 4 atom stereocenters. The predicted molar refractivity (Wildman–Crippen MR) is 87.9 cm³/mol. The molecule has 2 saturated heterocycles. The second kappa shape index (κ2) is 5.65. The van der Waals surface area contributed by atoms with Crippen LogP contribution < -0.4 is 10.6 Å². The number of guanidine groups is 1. The van der Waals surface area contributed by atoms with Crippen LogP contribution in [-0.2, 0) is 4.74 Å². The molecule has 4 nitrogen and oxygen atoms in total. The lowest BCUT2D eigenvalue weighted by Gasteiger charge is -2.63. The SMILES string of the molecule is CN=C(NCC1CCCS1)NC1C2CCOC2C12CCC2. The molecule has 0 aromatic carbocycles. The normalized spacial score (nSPS) is 40.5. The predicted octanol–water partition coefficient (Wildman–Crippen LogP) is 2.00. The van der Waals surface area contributed by atoms with Crippen molar-refractivity contribution in [2.24, 2.45) is 16.3 Å². The van der Waals surface area contributed by atoms with Gasteiger partial charge in [-0.05, 0) is 37.9 Å². The Morgan fingerprint density at radius 1 is 1.33 bits per heavy atom. The highest BCUT2D eigenvalue weighted by Crippen LogP contribution is 2.62. The van der Waals surface area contributed by atoms with Crippen molar-refractivity contribution in [1.29, 1.82) is 0 Å². The molecule has 0 radical (unpaired) electrons. The summed E-state index contributed by atoms with van der Waals surface area (Å²) in [5.41, 5.74) is 0.431. The lowest BCUT2D eigenvalue weighted by atomic mass is 9.46. The quantitative estimate of drug-likeness (QED) is 0.618. The first-order valence-electron chi connectivity index (χ1n) is 8.54. The lowest BCUT2D eigenvalue weighted by molar-refractivity contribution is -0.171. The second-order valence-electron chi connectivity index (χ2n) is 7.04. The zero-order chi connectivity index (χ0) is 14.3. The van der Waals surface area contributed by atoms with E-state index in [1.807, 2.05) is 7.05 Å². The summed E-state index contributed by atoms with van der Waals surface area (Å²) in [6.07, 6.45) is 8.51. The first kappa shape index (κ1) is 14.2. The minimum absolute atomic E-state index is 0.431. The number of nitrogens with zero attached hydrogens (tertiary/aromatic N) is 1. The van der Waals surface area contributed by atoms with E-state index in [2.05, 4.69) is 27.4 Å². The zero-order valence-corrected chi connectivity index (χ0v) is 13.8. The largest absolute Gasteiger partial charge is 0.377 e. The van der Waals surface area contributed by atoms with Crippen molar-refractivity contribution in [3.05, 3.63) is 0 Å². The number of fused-ring (bicyclic) bond motifs is 2. The lowest BCUT2D eigenvalue weighted by Crippen LogP contribution is -2.72. The third-order valence-electron chi connectivity index (χ3n) is 6.07. The number of hydrogen-bond donors (Lipinski definition) is 2. The number of aliphatic imine (C=N–C) groups is 1. The van der Waals surface area contributed by atoms with Gasteiger partial charge in [-0.1, -0.05) is 6.42 Å². The molecule has 1 spiro atoms. The van der Waals surface area contributed by atoms with Crippen LogP contribution in [0.25, 0.3) is 0 Å². The van der Waals surface area contributed by atoms with E-state index in [1.54, 1.807) is 0 Å². The maximum absolute atomic E-state index is 5.99. The summed E-state index contributed by atoms with van der Waals surface area (Å²) in [4.78, 5) is 4.45. The molecule has 4 aliphatic rings. The minimum atomic E-state index is 0.431. The van der Waals surface area contributed by atoms with Crippen molar-refractivity contribution in [3.63, 3.8) is 0 Å². The number of hydrogen-bond acceptors (Lipinski definition) is 3. The van der Waals surface area contributed by atoms with Gasteiger partial charge in [0.15, 0.2) is 5.96 Å². The highest BCUT2D eigenvalue weighted by molar-refractivity contribution is 8.00. The number of ether oxygens (including phenoxy) is 1. The molecule has 0 bridgehead atoms. The first-order valence-corrected chi connectivity index (χ1v) is 9.59. The molecule has 2 aliphatic heterocycles. The molecule has 4 rings (SSSR count). The van der Waals surface area contributed by atoms with Crippen molar-refractivity contribution >= 4 is 17.7 Å². The van der Waals surface area contributed by atoms with Crippen LogP contribution in [0.15, 0.2) is 4.99 Å². The van der Waals surface area contributed by atoms with E-state index in [4.69, 9.17) is 4.74 Å². The fourth-order valence-electron chi connectivity index (χ4n) is 4.81. The van der Waals surface area contributed by atoms with Crippen LogP contribution >= 0.6 is 11.8 Å². The Hall–Kier alpha value is -0.420. The fourth-order valence-corrected chi connectivity index (χ4v) is 6.01. The van der Waals surface area contributed by atoms with E-state index >= 15 is 0 Å². The first-order chi connectivity index (χ1) is 10.3. The smallest absolute Gasteiger partial charge is 0.191 e. The van der Waals surface area contributed by atoms with Crippen molar-refractivity contribution in [2.45, 2.75) is 55.9 Å². The van der Waals surface area contributed by atoms with Gasteiger partial charge in [0.05, 0.1) is 6.10 Å². The van der Waals surface area contributed by atoms with Gasteiger partial charge >= 0.3 is 0 Å². The van der Waals surface area contributed by atoms with E-state index in [-0.39, 0.29) is 0 Å². The molecule has 4 fully saturated rings. The third-order valence-corrected chi connectivity index (χ3v) is 7.47. The summed E-state index contributed by atoms with van der Waals surface area (Å²) in [5.74, 6) is 3.04. The van der Waals surface area contributed by atoms with Gasteiger partial charge in [0.1, 0.15) is 0 Å². The Labute approximate surface area is 131 Å². The van der Waals surface area contributed by atoms with E-state index in [0.717, 1.165) is 24.4 Å². The van der Waals surface area contributed by atoms with Crippen molar-refractivity contribution in [1.82, 2.24) is 10.6 Å². The molecule has 0 aromatic heterocycles. The van der Waals surface area contributed by atoms with E-state index < -0.39 is 0 Å². The molecule has 2 heterocycles. The summed E-state index contributed by atoms with van der Waals surface area (Å²) in [5, 5.41) is 8.06. The molecule has 2 saturated carbocycles. The third kappa shape index (κ3) is 2.27. The van der Waals surface area contributed by atoms with Crippen LogP contribution in [0.5, 0.6) is 0 Å². The van der Waals surface area contributed by atoms with Crippen LogP contribution in [0, 0.1) is 11.3 Å². The molecular weight excluding hydrogens is 282 g/mol. The van der Waals surface area contributed by atoms with Gasteiger partial charge < -0.3 is 15.4 Å². The maximum Gasteiger partial charge on any atom is 0.191 e.